The highest BCUT2D eigenvalue weighted by molar-refractivity contribution is 6.01. The van der Waals surface area contributed by atoms with Gasteiger partial charge in [0.15, 0.2) is 0 Å². The number of ether oxygens (including phenoxy) is 2. The Bertz CT molecular complexity index is 610. The Morgan fingerprint density at radius 3 is 1.23 bits per heavy atom. The summed E-state index contributed by atoms with van der Waals surface area (Å²) in [5, 5.41) is 8.60. The molecule has 0 aliphatic heterocycles. The summed E-state index contributed by atoms with van der Waals surface area (Å²) in [7, 11) is 3.30. The lowest BCUT2D eigenvalue weighted by Crippen LogP contribution is -1.97. The van der Waals surface area contributed by atoms with E-state index in [-0.39, 0.29) is 0 Å². The molecule has 0 atom stereocenters. The predicted molar refractivity (Wildman–Crippen MR) is 90.4 cm³/mol. The summed E-state index contributed by atoms with van der Waals surface area (Å²) in [6, 6.07) is 15.5. The lowest BCUT2D eigenvalue weighted by Gasteiger charge is -2.03. The fourth-order valence-electron chi connectivity index (χ4n) is 1.93. The van der Waals surface area contributed by atoms with Gasteiger partial charge < -0.3 is 9.47 Å². The number of benzene rings is 2. The van der Waals surface area contributed by atoms with Crippen molar-refractivity contribution in [1.29, 1.82) is 0 Å². The van der Waals surface area contributed by atoms with Crippen molar-refractivity contribution >= 4 is 11.4 Å². The van der Waals surface area contributed by atoms with Gasteiger partial charge in [0.25, 0.3) is 0 Å². The number of hydrogen-bond donors (Lipinski definition) is 0. The highest BCUT2D eigenvalue weighted by Crippen LogP contribution is 2.13. The fourth-order valence-corrected chi connectivity index (χ4v) is 1.93. The van der Waals surface area contributed by atoms with Gasteiger partial charge in [-0.3, -0.25) is 0 Å². The molecule has 0 saturated carbocycles. The van der Waals surface area contributed by atoms with Crippen molar-refractivity contribution in [2.45, 2.75) is 13.8 Å². The minimum absolute atomic E-state index is 0.828. The van der Waals surface area contributed by atoms with Gasteiger partial charge in [-0.05, 0) is 73.5 Å². The number of hydrogen-bond acceptors (Lipinski definition) is 4. The molecule has 2 aromatic carbocycles. The van der Waals surface area contributed by atoms with Gasteiger partial charge in [-0.1, -0.05) is 0 Å². The van der Waals surface area contributed by atoms with Crippen LogP contribution < -0.4 is 9.47 Å². The molecule has 0 N–H and O–H groups in total. The molecule has 0 amide bonds. The van der Waals surface area contributed by atoms with Crippen molar-refractivity contribution in [1.82, 2.24) is 0 Å². The molecule has 0 aliphatic rings. The van der Waals surface area contributed by atoms with Crippen molar-refractivity contribution < 1.29 is 9.47 Å². The first-order chi connectivity index (χ1) is 10.6. The van der Waals surface area contributed by atoms with Gasteiger partial charge >= 0.3 is 0 Å². The van der Waals surface area contributed by atoms with Crippen molar-refractivity contribution in [2.75, 3.05) is 14.2 Å². The maximum Gasteiger partial charge on any atom is 0.118 e. The minimum atomic E-state index is 0.828. The first-order valence-electron chi connectivity index (χ1n) is 7.01. The summed E-state index contributed by atoms with van der Waals surface area (Å²) in [6.07, 6.45) is 0. The summed E-state index contributed by atoms with van der Waals surface area (Å²) in [6.45, 7) is 3.87. The lowest BCUT2D eigenvalue weighted by molar-refractivity contribution is 0.414. The van der Waals surface area contributed by atoms with Crippen LogP contribution in [0.15, 0.2) is 58.7 Å². The molecule has 2 rings (SSSR count). The topological polar surface area (TPSA) is 43.2 Å². The second kappa shape index (κ2) is 7.41. The van der Waals surface area contributed by atoms with Gasteiger partial charge in [-0.2, -0.15) is 10.2 Å². The average Bonchev–Trinajstić information content (AvgIpc) is 2.59. The molecule has 2 aromatic rings. The van der Waals surface area contributed by atoms with Crippen LogP contribution in [0.4, 0.5) is 0 Å². The monoisotopic (exact) mass is 296 g/mol. The van der Waals surface area contributed by atoms with Crippen LogP contribution in [0.1, 0.15) is 25.0 Å². The summed E-state index contributed by atoms with van der Waals surface area (Å²) in [5.74, 6) is 1.66. The quantitative estimate of drug-likeness (QED) is 0.619. The summed E-state index contributed by atoms with van der Waals surface area (Å²) in [4.78, 5) is 0. The largest absolute Gasteiger partial charge is 0.497 e. The Balaban J connectivity index is 2.15. The molecular formula is C18H20N2O2. The Labute approximate surface area is 131 Å². The van der Waals surface area contributed by atoms with Gasteiger partial charge in [-0.15, -0.1) is 0 Å². The van der Waals surface area contributed by atoms with Crippen LogP contribution in [0.5, 0.6) is 11.5 Å². The van der Waals surface area contributed by atoms with Crippen molar-refractivity contribution in [3.63, 3.8) is 0 Å². The maximum atomic E-state index is 5.15. The van der Waals surface area contributed by atoms with Crippen molar-refractivity contribution in [2.24, 2.45) is 10.2 Å². The standard InChI is InChI=1S/C18H20N2O2/c1-13(15-5-9-17(21-3)10-6-15)19-20-14(2)16-7-11-18(22-4)12-8-16/h5-12H,1-4H3. The fraction of sp³-hybridized carbons (Fsp3) is 0.222. The van der Waals surface area contributed by atoms with E-state index in [0.717, 1.165) is 34.0 Å². The zero-order valence-electron chi connectivity index (χ0n) is 13.3. The van der Waals surface area contributed by atoms with Crippen LogP contribution in [-0.2, 0) is 0 Å². The average molecular weight is 296 g/mol. The van der Waals surface area contributed by atoms with E-state index < -0.39 is 0 Å². The highest BCUT2D eigenvalue weighted by atomic mass is 16.5. The minimum Gasteiger partial charge on any atom is -0.497 e. The molecule has 0 aromatic heterocycles. The molecule has 0 radical (unpaired) electrons. The number of methoxy groups -OCH3 is 2. The molecular weight excluding hydrogens is 276 g/mol. The lowest BCUT2D eigenvalue weighted by atomic mass is 10.1. The Kier molecular flexibility index (Phi) is 5.31. The van der Waals surface area contributed by atoms with Gasteiger partial charge in [-0.25, -0.2) is 0 Å². The Morgan fingerprint density at radius 1 is 0.636 bits per heavy atom. The van der Waals surface area contributed by atoms with E-state index in [1.54, 1.807) is 14.2 Å². The van der Waals surface area contributed by atoms with E-state index in [2.05, 4.69) is 10.2 Å². The van der Waals surface area contributed by atoms with E-state index >= 15 is 0 Å². The van der Waals surface area contributed by atoms with Crippen LogP contribution >= 0.6 is 0 Å². The van der Waals surface area contributed by atoms with E-state index in [0.29, 0.717) is 0 Å². The van der Waals surface area contributed by atoms with Gasteiger partial charge in [0.05, 0.1) is 25.6 Å². The number of nitrogens with zero attached hydrogens (tertiary/aromatic N) is 2. The molecule has 0 unspecified atom stereocenters. The first kappa shape index (κ1) is 15.8. The summed E-state index contributed by atoms with van der Waals surface area (Å²) < 4.78 is 10.3. The molecule has 114 valence electrons. The zero-order chi connectivity index (χ0) is 15.9. The van der Waals surface area contributed by atoms with E-state index in [9.17, 15) is 0 Å². The van der Waals surface area contributed by atoms with Crippen LogP contribution in [0.25, 0.3) is 0 Å². The van der Waals surface area contributed by atoms with Crippen molar-refractivity contribution in [3.8, 4) is 11.5 Å². The van der Waals surface area contributed by atoms with Gasteiger partial charge in [0.1, 0.15) is 11.5 Å². The number of rotatable bonds is 5. The SMILES string of the molecule is COc1ccc(C(C)=NN=C(C)c2ccc(OC)cc2)cc1. The van der Waals surface area contributed by atoms with Crippen LogP contribution in [0, 0.1) is 0 Å². The molecule has 0 bridgehead atoms. The molecule has 0 aliphatic carbocycles. The van der Waals surface area contributed by atoms with Gasteiger partial charge in [0.2, 0.25) is 0 Å². The van der Waals surface area contributed by atoms with Crippen molar-refractivity contribution in [3.05, 3.63) is 59.7 Å². The third-order valence-corrected chi connectivity index (χ3v) is 3.37. The normalized spacial score (nSPS) is 12.2. The highest BCUT2D eigenvalue weighted by Gasteiger charge is 2.00. The second-order valence-corrected chi connectivity index (χ2v) is 4.83. The third-order valence-electron chi connectivity index (χ3n) is 3.37. The predicted octanol–water partition coefficient (Wildman–Crippen LogP) is 3.94. The van der Waals surface area contributed by atoms with E-state index in [1.165, 1.54) is 0 Å². The molecule has 0 heterocycles. The molecule has 0 saturated heterocycles. The van der Waals surface area contributed by atoms with Gasteiger partial charge in [0, 0.05) is 0 Å². The second-order valence-electron chi connectivity index (χ2n) is 4.83. The molecule has 0 spiro atoms. The maximum absolute atomic E-state index is 5.15. The van der Waals surface area contributed by atoms with Crippen LogP contribution in [0.2, 0.25) is 0 Å². The Hall–Kier alpha value is -2.62. The third kappa shape index (κ3) is 3.95. The molecule has 22 heavy (non-hydrogen) atoms. The Morgan fingerprint density at radius 2 is 0.955 bits per heavy atom. The van der Waals surface area contributed by atoms with E-state index in [4.69, 9.17) is 9.47 Å². The van der Waals surface area contributed by atoms with E-state index in [1.807, 2.05) is 62.4 Å². The smallest absolute Gasteiger partial charge is 0.118 e. The summed E-state index contributed by atoms with van der Waals surface area (Å²) >= 11 is 0. The molecule has 4 heteroatoms. The molecule has 0 fully saturated rings. The van der Waals surface area contributed by atoms with Crippen LogP contribution in [-0.4, -0.2) is 25.6 Å². The first-order valence-corrected chi connectivity index (χ1v) is 7.01. The zero-order valence-corrected chi connectivity index (χ0v) is 13.3. The summed E-state index contributed by atoms with van der Waals surface area (Å²) in [5.41, 5.74) is 3.75. The van der Waals surface area contributed by atoms with Crippen LogP contribution in [0.3, 0.4) is 0 Å². The molecule has 4 nitrogen and oxygen atoms in total.